The SMILES string of the molecule is CCOc1ccccc1[C@H]1c2[nH]c3ccccc3c2C[C@H]2C(=O)N(CCCN(C)C)CC(=O)N12. The number of carbonyl (C=O) groups is 2. The summed E-state index contributed by atoms with van der Waals surface area (Å²) in [6, 6.07) is 15.1. The van der Waals surface area contributed by atoms with Gasteiger partial charge < -0.3 is 24.4 Å². The highest BCUT2D eigenvalue weighted by atomic mass is 16.5. The van der Waals surface area contributed by atoms with Crippen LogP contribution in [-0.4, -0.2) is 77.9 Å². The molecule has 1 aromatic heterocycles. The van der Waals surface area contributed by atoms with Crippen LogP contribution in [-0.2, 0) is 16.0 Å². The summed E-state index contributed by atoms with van der Waals surface area (Å²) >= 11 is 0. The zero-order valence-corrected chi connectivity index (χ0v) is 20.1. The highest BCUT2D eigenvalue weighted by Gasteiger charge is 2.48. The first-order chi connectivity index (χ1) is 16.5. The van der Waals surface area contributed by atoms with Gasteiger partial charge in [-0.25, -0.2) is 0 Å². The fourth-order valence-electron chi connectivity index (χ4n) is 5.41. The van der Waals surface area contributed by atoms with Crippen LogP contribution in [0.4, 0.5) is 0 Å². The van der Waals surface area contributed by atoms with Gasteiger partial charge in [-0.15, -0.1) is 0 Å². The number of benzene rings is 2. The third-order valence-electron chi connectivity index (χ3n) is 6.89. The fraction of sp³-hybridized carbons (Fsp3) is 0.407. The van der Waals surface area contributed by atoms with E-state index in [1.165, 1.54) is 0 Å². The number of hydrogen-bond donors (Lipinski definition) is 1. The Morgan fingerprint density at radius 2 is 1.85 bits per heavy atom. The number of aromatic nitrogens is 1. The number of nitrogens with zero attached hydrogens (tertiary/aromatic N) is 3. The lowest BCUT2D eigenvalue weighted by Gasteiger charge is -2.47. The van der Waals surface area contributed by atoms with Crippen molar-refractivity contribution in [2.75, 3.05) is 40.3 Å². The summed E-state index contributed by atoms with van der Waals surface area (Å²) in [6.45, 7) is 4.07. The van der Waals surface area contributed by atoms with Gasteiger partial charge in [-0.05, 0) is 51.7 Å². The predicted octanol–water partition coefficient (Wildman–Crippen LogP) is 3.20. The number of carbonyl (C=O) groups excluding carboxylic acids is 2. The molecule has 0 saturated carbocycles. The smallest absolute Gasteiger partial charge is 0.246 e. The van der Waals surface area contributed by atoms with Crippen LogP contribution in [0, 0.1) is 0 Å². The van der Waals surface area contributed by atoms with E-state index in [4.69, 9.17) is 4.74 Å². The number of piperazine rings is 1. The Labute approximate surface area is 200 Å². The standard InChI is InChI=1S/C27H32N4O3/c1-4-34-23-13-8-6-11-19(23)26-25-20(18-10-5-7-12-21(18)28-25)16-22-27(33)30(15-9-14-29(2)3)17-24(32)31(22)26/h5-8,10-13,22,26,28H,4,9,14-17H2,1-3H3/t22-,26-/m0/s1. The normalized spacial score (nSPS) is 20.1. The van der Waals surface area contributed by atoms with E-state index in [2.05, 4.69) is 22.0 Å². The Morgan fingerprint density at radius 3 is 2.65 bits per heavy atom. The lowest BCUT2D eigenvalue weighted by atomic mass is 9.86. The van der Waals surface area contributed by atoms with Gasteiger partial charge in [0.15, 0.2) is 0 Å². The number of ether oxygens (including phenoxy) is 1. The average Bonchev–Trinajstić information content (AvgIpc) is 3.20. The van der Waals surface area contributed by atoms with Crippen molar-refractivity contribution in [3.05, 3.63) is 65.4 Å². The molecular weight excluding hydrogens is 428 g/mol. The van der Waals surface area contributed by atoms with E-state index in [-0.39, 0.29) is 18.4 Å². The number of H-pyrrole nitrogens is 1. The third kappa shape index (κ3) is 3.84. The van der Waals surface area contributed by atoms with Crippen molar-refractivity contribution in [3.8, 4) is 5.75 Å². The molecular formula is C27H32N4O3. The molecule has 2 aliphatic heterocycles. The summed E-state index contributed by atoms with van der Waals surface area (Å²) in [5.41, 5.74) is 4.02. The van der Waals surface area contributed by atoms with Crippen molar-refractivity contribution in [2.45, 2.75) is 31.8 Å². The first-order valence-electron chi connectivity index (χ1n) is 12.1. The van der Waals surface area contributed by atoms with Gasteiger partial charge in [-0.2, -0.15) is 0 Å². The first-order valence-corrected chi connectivity index (χ1v) is 12.1. The summed E-state index contributed by atoms with van der Waals surface area (Å²) in [5, 5.41) is 1.11. The van der Waals surface area contributed by atoms with Crippen molar-refractivity contribution in [3.63, 3.8) is 0 Å². The van der Waals surface area contributed by atoms with Crippen LogP contribution in [0.25, 0.3) is 10.9 Å². The molecule has 0 bridgehead atoms. The molecule has 34 heavy (non-hydrogen) atoms. The monoisotopic (exact) mass is 460 g/mol. The van der Waals surface area contributed by atoms with Gasteiger partial charge in [0.2, 0.25) is 11.8 Å². The van der Waals surface area contributed by atoms with Gasteiger partial charge in [-0.1, -0.05) is 36.4 Å². The minimum Gasteiger partial charge on any atom is -0.494 e. The van der Waals surface area contributed by atoms with E-state index in [0.29, 0.717) is 19.6 Å². The molecule has 1 fully saturated rings. The molecule has 3 heterocycles. The van der Waals surface area contributed by atoms with Crippen LogP contribution in [0.15, 0.2) is 48.5 Å². The van der Waals surface area contributed by atoms with Crippen molar-refractivity contribution >= 4 is 22.7 Å². The second-order valence-electron chi connectivity index (χ2n) is 9.37. The molecule has 0 unspecified atom stereocenters. The largest absolute Gasteiger partial charge is 0.494 e. The molecule has 7 nitrogen and oxygen atoms in total. The highest BCUT2D eigenvalue weighted by Crippen LogP contribution is 2.44. The Balaban J connectivity index is 1.61. The number of aromatic amines is 1. The molecule has 0 spiro atoms. The van der Waals surface area contributed by atoms with E-state index < -0.39 is 12.1 Å². The second kappa shape index (κ2) is 9.14. The van der Waals surface area contributed by atoms with Crippen molar-refractivity contribution < 1.29 is 14.3 Å². The van der Waals surface area contributed by atoms with Gasteiger partial charge in [0.25, 0.3) is 0 Å². The zero-order valence-electron chi connectivity index (χ0n) is 20.1. The average molecular weight is 461 g/mol. The summed E-state index contributed by atoms with van der Waals surface area (Å²) in [5.74, 6) is 0.761. The van der Waals surface area contributed by atoms with Gasteiger partial charge in [0.1, 0.15) is 17.8 Å². The van der Waals surface area contributed by atoms with Gasteiger partial charge >= 0.3 is 0 Å². The first kappa shape index (κ1) is 22.5. The zero-order chi connectivity index (χ0) is 23.8. The molecule has 2 atom stereocenters. The number of para-hydroxylation sites is 2. The van der Waals surface area contributed by atoms with Crippen LogP contribution < -0.4 is 4.74 Å². The Hall–Kier alpha value is -3.32. The minimum absolute atomic E-state index is 0.0185. The summed E-state index contributed by atoms with van der Waals surface area (Å²) in [6.07, 6.45) is 1.36. The van der Waals surface area contributed by atoms with Crippen molar-refractivity contribution in [1.82, 2.24) is 19.7 Å². The third-order valence-corrected chi connectivity index (χ3v) is 6.89. The quantitative estimate of drug-likeness (QED) is 0.588. The van der Waals surface area contributed by atoms with E-state index in [1.807, 2.05) is 57.4 Å². The Kier molecular flexibility index (Phi) is 6.04. The van der Waals surface area contributed by atoms with Gasteiger partial charge in [-0.3, -0.25) is 9.59 Å². The van der Waals surface area contributed by atoms with Gasteiger partial charge in [0.05, 0.1) is 13.2 Å². The number of amides is 2. The maximum Gasteiger partial charge on any atom is 0.246 e. The fourth-order valence-corrected chi connectivity index (χ4v) is 5.41. The van der Waals surface area contributed by atoms with E-state index in [0.717, 1.165) is 46.4 Å². The predicted molar refractivity (Wildman–Crippen MR) is 132 cm³/mol. The van der Waals surface area contributed by atoms with Crippen LogP contribution in [0.5, 0.6) is 5.75 Å². The van der Waals surface area contributed by atoms with Crippen LogP contribution >= 0.6 is 0 Å². The van der Waals surface area contributed by atoms with Crippen molar-refractivity contribution in [1.29, 1.82) is 0 Å². The maximum atomic E-state index is 13.7. The van der Waals surface area contributed by atoms with Crippen molar-refractivity contribution in [2.24, 2.45) is 0 Å². The maximum absolute atomic E-state index is 13.7. The Morgan fingerprint density at radius 1 is 1.09 bits per heavy atom. The number of rotatable bonds is 7. The lowest BCUT2D eigenvalue weighted by molar-refractivity contribution is -0.158. The summed E-state index contributed by atoms with van der Waals surface area (Å²) in [4.78, 5) is 36.6. The molecule has 5 rings (SSSR count). The molecule has 0 radical (unpaired) electrons. The van der Waals surface area contributed by atoms with Crippen LogP contribution in [0.1, 0.15) is 36.2 Å². The Bertz CT molecular complexity index is 1220. The number of fused-ring (bicyclic) bond motifs is 4. The summed E-state index contributed by atoms with van der Waals surface area (Å²) < 4.78 is 5.97. The molecule has 3 aromatic rings. The van der Waals surface area contributed by atoms with E-state index in [9.17, 15) is 9.59 Å². The molecule has 1 N–H and O–H groups in total. The van der Waals surface area contributed by atoms with Crippen LogP contribution in [0.2, 0.25) is 0 Å². The second-order valence-corrected chi connectivity index (χ2v) is 9.37. The molecule has 7 heteroatoms. The van der Waals surface area contributed by atoms with E-state index >= 15 is 0 Å². The summed E-state index contributed by atoms with van der Waals surface area (Å²) in [7, 11) is 4.04. The lowest BCUT2D eigenvalue weighted by Crippen LogP contribution is -2.63. The van der Waals surface area contributed by atoms with Crippen LogP contribution in [0.3, 0.4) is 0 Å². The molecule has 2 amide bonds. The topological polar surface area (TPSA) is 68.9 Å². The minimum atomic E-state index is -0.521. The van der Waals surface area contributed by atoms with E-state index in [1.54, 1.807) is 9.80 Å². The molecule has 1 saturated heterocycles. The molecule has 2 aliphatic rings. The highest BCUT2D eigenvalue weighted by molar-refractivity contribution is 5.97. The molecule has 178 valence electrons. The molecule has 2 aromatic carbocycles. The number of nitrogens with one attached hydrogen (secondary N) is 1. The number of hydrogen-bond acceptors (Lipinski definition) is 4. The van der Waals surface area contributed by atoms with Gasteiger partial charge in [0, 0.05) is 35.1 Å². The molecule has 0 aliphatic carbocycles.